The number of ether oxygens (including phenoxy) is 2. The van der Waals surface area contributed by atoms with Gasteiger partial charge in [-0.2, -0.15) is 0 Å². The minimum Gasteiger partial charge on any atom is -0.497 e. The Kier molecular flexibility index (Phi) is 7.23. The summed E-state index contributed by atoms with van der Waals surface area (Å²) in [6.45, 7) is 3.98. The molecule has 2 aromatic carbocycles. The lowest BCUT2D eigenvalue weighted by Crippen LogP contribution is -2.28. The summed E-state index contributed by atoms with van der Waals surface area (Å²) in [5.41, 5.74) is 6.11. The maximum atomic E-state index is 5.67. The van der Waals surface area contributed by atoms with E-state index < -0.39 is 0 Å². The van der Waals surface area contributed by atoms with Gasteiger partial charge in [-0.05, 0) is 30.6 Å². The molecule has 3 aromatic rings. The number of rotatable bonds is 9. The first kappa shape index (κ1) is 22.4. The van der Waals surface area contributed by atoms with Crippen LogP contribution >= 0.6 is 0 Å². The summed E-state index contributed by atoms with van der Waals surface area (Å²) in [6.07, 6.45) is 7.50. The van der Waals surface area contributed by atoms with Crippen LogP contribution in [-0.2, 0) is 15.9 Å². The lowest BCUT2D eigenvalue weighted by atomic mass is 10.0. The Hall–Kier alpha value is -3.82. The second kappa shape index (κ2) is 10.7. The average molecular weight is 440 g/mol. The Labute approximate surface area is 195 Å². The first-order valence-electron chi connectivity index (χ1n) is 11.3. The molecule has 1 aromatic heterocycles. The number of nitrogens with zero attached hydrogens (tertiary/aromatic N) is 3. The van der Waals surface area contributed by atoms with Gasteiger partial charge in [0.2, 0.25) is 0 Å². The third-order valence-electron chi connectivity index (χ3n) is 5.66. The fraction of sp³-hybridized carbons (Fsp3) is 0.250. The van der Waals surface area contributed by atoms with Crippen LogP contribution in [0.3, 0.4) is 0 Å². The number of benzene rings is 2. The van der Waals surface area contributed by atoms with Crippen LogP contribution in [0.5, 0.6) is 0 Å². The van der Waals surface area contributed by atoms with Gasteiger partial charge in [0.05, 0.1) is 19.8 Å². The number of hydrogen-bond donors (Lipinski definition) is 0. The molecule has 0 bridgehead atoms. The van der Waals surface area contributed by atoms with E-state index in [1.807, 2.05) is 30.4 Å². The van der Waals surface area contributed by atoms with E-state index in [9.17, 15) is 0 Å². The second-order valence-corrected chi connectivity index (χ2v) is 7.81. The number of allylic oxidation sites excluding steroid dienone is 3. The summed E-state index contributed by atoms with van der Waals surface area (Å²) in [5, 5.41) is 11.5. The Bertz CT molecular complexity index is 1240. The SMILES string of the molecule is CCCN(CCc1ccccc1)c1nnc(C2=C=CC=C(OC)C=C2OC)c2ccccc12. The van der Waals surface area contributed by atoms with Gasteiger partial charge in [0.1, 0.15) is 17.2 Å². The van der Waals surface area contributed by atoms with Crippen molar-refractivity contribution < 1.29 is 9.47 Å². The van der Waals surface area contributed by atoms with Crippen LogP contribution in [0.2, 0.25) is 0 Å². The van der Waals surface area contributed by atoms with Crippen molar-refractivity contribution in [2.45, 2.75) is 19.8 Å². The van der Waals surface area contributed by atoms with Gasteiger partial charge in [0.25, 0.3) is 0 Å². The van der Waals surface area contributed by atoms with Gasteiger partial charge in [0.15, 0.2) is 5.82 Å². The molecule has 5 nitrogen and oxygen atoms in total. The van der Waals surface area contributed by atoms with Crippen LogP contribution < -0.4 is 4.90 Å². The molecule has 1 aliphatic rings. The van der Waals surface area contributed by atoms with E-state index in [2.05, 4.69) is 65.1 Å². The molecule has 1 heterocycles. The van der Waals surface area contributed by atoms with Crippen LogP contribution in [-0.4, -0.2) is 37.5 Å². The number of methoxy groups -OCH3 is 2. The topological polar surface area (TPSA) is 47.5 Å². The van der Waals surface area contributed by atoms with Gasteiger partial charge in [-0.25, -0.2) is 0 Å². The molecule has 0 radical (unpaired) electrons. The van der Waals surface area contributed by atoms with E-state index >= 15 is 0 Å². The fourth-order valence-electron chi connectivity index (χ4n) is 4.01. The Morgan fingerprint density at radius 3 is 2.36 bits per heavy atom. The zero-order valence-corrected chi connectivity index (χ0v) is 19.4. The maximum Gasteiger partial charge on any atom is 0.159 e. The highest BCUT2D eigenvalue weighted by molar-refractivity contribution is 6.00. The van der Waals surface area contributed by atoms with Crippen molar-refractivity contribution >= 4 is 22.2 Å². The van der Waals surface area contributed by atoms with Gasteiger partial charge < -0.3 is 14.4 Å². The van der Waals surface area contributed by atoms with Crippen molar-refractivity contribution in [2.75, 3.05) is 32.2 Å². The number of fused-ring (bicyclic) bond motifs is 1. The first-order chi connectivity index (χ1) is 16.2. The van der Waals surface area contributed by atoms with E-state index in [1.165, 1.54) is 5.56 Å². The molecule has 0 saturated carbocycles. The predicted octanol–water partition coefficient (Wildman–Crippen LogP) is 5.70. The van der Waals surface area contributed by atoms with Gasteiger partial charge in [-0.3, -0.25) is 0 Å². The van der Waals surface area contributed by atoms with Crippen molar-refractivity contribution in [2.24, 2.45) is 0 Å². The highest BCUT2D eigenvalue weighted by atomic mass is 16.5. The summed E-state index contributed by atoms with van der Waals surface area (Å²) in [4.78, 5) is 2.33. The Balaban J connectivity index is 1.75. The zero-order valence-electron chi connectivity index (χ0n) is 19.4. The second-order valence-electron chi connectivity index (χ2n) is 7.81. The summed E-state index contributed by atoms with van der Waals surface area (Å²) in [7, 11) is 3.28. The fourth-order valence-corrected chi connectivity index (χ4v) is 4.01. The standard InChI is InChI=1S/C28H29N3O2/c1-4-18-31(19-17-21-11-6-5-7-12-21)28-24-15-9-8-14-23(24)27(29-30-28)25-16-10-13-22(32-2)20-26(25)33-3/h5-15,20H,4,17-19H2,1-3H3. The van der Waals surface area contributed by atoms with Crippen LogP contribution in [0.15, 0.2) is 90.1 Å². The lowest BCUT2D eigenvalue weighted by molar-refractivity contribution is 0.287. The molecule has 1 aliphatic carbocycles. The van der Waals surface area contributed by atoms with Crippen LogP contribution in [0.4, 0.5) is 5.82 Å². The summed E-state index contributed by atoms with van der Waals surface area (Å²) < 4.78 is 11.1. The van der Waals surface area contributed by atoms with Crippen LogP contribution in [0, 0.1) is 0 Å². The summed E-state index contributed by atoms with van der Waals surface area (Å²) in [5.74, 6) is 2.24. The smallest absolute Gasteiger partial charge is 0.159 e. The molecule has 0 N–H and O–H groups in total. The van der Waals surface area contributed by atoms with E-state index in [1.54, 1.807) is 14.2 Å². The van der Waals surface area contributed by atoms with E-state index in [4.69, 9.17) is 14.6 Å². The molecule has 0 atom stereocenters. The molecule has 0 fully saturated rings. The van der Waals surface area contributed by atoms with Crippen molar-refractivity contribution in [3.05, 3.63) is 101 Å². The lowest BCUT2D eigenvalue weighted by Gasteiger charge is -2.25. The van der Waals surface area contributed by atoms with Crippen molar-refractivity contribution in [3.8, 4) is 0 Å². The molecule has 5 heteroatoms. The first-order valence-corrected chi connectivity index (χ1v) is 11.3. The van der Waals surface area contributed by atoms with Gasteiger partial charge in [-0.15, -0.1) is 15.9 Å². The minimum atomic E-state index is 0.638. The average Bonchev–Trinajstić information content (AvgIpc) is 3.08. The molecule has 0 aliphatic heterocycles. The molecule has 0 spiro atoms. The van der Waals surface area contributed by atoms with Crippen LogP contribution in [0.1, 0.15) is 24.6 Å². The monoisotopic (exact) mass is 439 g/mol. The molecule has 0 amide bonds. The van der Waals surface area contributed by atoms with E-state index in [0.29, 0.717) is 11.5 Å². The Morgan fingerprint density at radius 2 is 1.64 bits per heavy atom. The maximum absolute atomic E-state index is 5.67. The third-order valence-corrected chi connectivity index (χ3v) is 5.66. The largest absolute Gasteiger partial charge is 0.497 e. The molecular weight excluding hydrogens is 410 g/mol. The van der Waals surface area contributed by atoms with Crippen LogP contribution in [0.25, 0.3) is 16.3 Å². The normalized spacial score (nSPS) is 13.1. The number of hydrogen-bond acceptors (Lipinski definition) is 5. The highest BCUT2D eigenvalue weighted by Gasteiger charge is 2.20. The third kappa shape index (κ3) is 5.00. The molecular formula is C28H29N3O2. The molecule has 0 unspecified atom stereocenters. The van der Waals surface area contributed by atoms with Crippen molar-refractivity contribution in [3.63, 3.8) is 0 Å². The predicted molar refractivity (Wildman–Crippen MR) is 134 cm³/mol. The van der Waals surface area contributed by atoms with Gasteiger partial charge >= 0.3 is 0 Å². The minimum absolute atomic E-state index is 0.638. The molecule has 168 valence electrons. The zero-order chi connectivity index (χ0) is 23.0. The van der Waals surface area contributed by atoms with Crippen molar-refractivity contribution in [1.82, 2.24) is 10.2 Å². The van der Waals surface area contributed by atoms with E-state index in [-0.39, 0.29) is 0 Å². The van der Waals surface area contributed by atoms with E-state index in [0.717, 1.165) is 53.8 Å². The van der Waals surface area contributed by atoms with Gasteiger partial charge in [-0.1, -0.05) is 61.5 Å². The summed E-state index contributed by atoms with van der Waals surface area (Å²) >= 11 is 0. The quantitative estimate of drug-likeness (QED) is 0.400. The Morgan fingerprint density at radius 1 is 0.879 bits per heavy atom. The summed E-state index contributed by atoms with van der Waals surface area (Å²) in [6, 6.07) is 18.8. The highest BCUT2D eigenvalue weighted by Crippen LogP contribution is 2.33. The number of anilines is 1. The number of aromatic nitrogens is 2. The molecule has 33 heavy (non-hydrogen) atoms. The molecule has 0 saturated heterocycles. The van der Waals surface area contributed by atoms with Crippen molar-refractivity contribution in [1.29, 1.82) is 0 Å². The molecule has 4 rings (SSSR count). The van der Waals surface area contributed by atoms with Gasteiger partial charge in [0, 0.05) is 29.9 Å².